The number of anilines is 2. The van der Waals surface area contributed by atoms with Gasteiger partial charge in [0.05, 0.1) is 42.6 Å². The molecule has 11 heteroatoms. The predicted octanol–water partition coefficient (Wildman–Crippen LogP) is 2.35. The molecule has 0 spiro atoms. The average molecular weight is 409 g/mol. The second kappa shape index (κ2) is 6.59. The van der Waals surface area contributed by atoms with Crippen LogP contribution in [0.5, 0.6) is 0 Å². The predicted molar refractivity (Wildman–Crippen MR) is 102 cm³/mol. The van der Waals surface area contributed by atoms with E-state index in [4.69, 9.17) is 27.9 Å². The molecule has 0 amide bonds. The maximum absolute atomic E-state index is 6.54. The lowest BCUT2D eigenvalue weighted by molar-refractivity contribution is -0.0996. The van der Waals surface area contributed by atoms with Gasteiger partial charge >= 0.3 is 0 Å². The van der Waals surface area contributed by atoms with Gasteiger partial charge in [-0.15, -0.1) is 0 Å². The lowest BCUT2D eigenvalue weighted by Gasteiger charge is -2.47. The monoisotopic (exact) mass is 408 g/mol. The summed E-state index contributed by atoms with van der Waals surface area (Å²) in [5, 5.41) is 13.5. The number of nitrogens with one attached hydrogen (secondary N) is 1. The molecule has 0 aliphatic carbocycles. The van der Waals surface area contributed by atoms with Crippen LogP contribution in [0, 0.1) is 0 Å². The van der Waals surface area contributed by atoms with Crippen LogP contribution in [0.15, 0.2) is 12.4 Å². The van der Waals surface area contributed by atoms with Gasteiger partial charge in [0.2, 0.25) is 5.95 Å². The van der Waals surface area contributed by atoms with Crippen molar-refractivity contribution >= 4 is 45.9 Å². The molecule has 3 aromatic heterocycles. The average Bonchev–Trinajstić information content (AvgIpc) is 3.09. The SMILES string of the molecule is CCn1nc(Cl)c2cnc(Nc3cnn(C4CN(C5COC5)C4)c3Cl)nc21. The summed E-state index contributed by atoms with van der Waals surface area (Å²) >= 11 is 12.7. The van der Waals surface area contributed by atoms with E-state index in [2.05, 4.69) is 30.4 Å². The Labute approximate surface area is 165 Å². The van der Waals surface area contributed by atoms with Gasteiger partial charge < -0.3 is 10.1 Å². The van der Waals surface area contributed by atoms with Crippen molar-refractivity contribution in [2.45, 2.75) is 25.6 Å². The topological polar surface area (TPSA) is 85.9 Å². The minimum absolute atomic E-state index is 0.275. The number of aryl methyl sites for hydroxylation is 1. The van der Waals surface area contributed by atoms with E-state index in [1.165, 1.54) is 0 Å². The van der Waals surface area contributed by atoms with Gasteiger partial charge in [0.15, 0.2) is 16.0 Å². The maximum Gasteiger partial charge on any atom is 0.229 e. The molecule has 2 saturated heterocycles. The molecule has 0 atom stereocenters. The number of likely N-dealkylation sites (tertiary alicyclic amines) is 1. The van der Waals surface area contributed by atoms with Gasteiger partial charge in [-0.05, 0) is 6.92 Å². The van der Waals surface area contributed by atoms with Crippen LogP contribution >= 0.6 is 23.2 Å². The third-order valence-electron chi connectivity index (χ3n) is 5.10. The lowest BCUT2D eigenvalue weighted by Crippen LogP contribution is -2.59. The molecule has 2 aliphatic rings. The highest BCUT2D eigenvalue weighted by Gasteiger charge is 2.38. The first-order valence-corrected chi connectivity index (χ1v) is 9.60. The highest BCUT2D eigenvalue weighted by atomic mass is 35.5. The second-order valence-corrected chi connectivity index (χ2v) is 7.47. The standard InChI is InChI=1S/C16H18Cl2N8O/c1-2-25-15-11(13(17)23-25)3-19-16(22-15)21-12-4-20-26(14(12)18)9-5-24(6-9)10-7-27-8-10/h3-4,9-10H,2,5-8H2,1H3,(H,19,21,22). The quantitative estimate of drug-likeness (QED) is 0.692. The van der Waals surface area contributed by atoms with Crippen molar-refractivity contribution in [3.05, 3.63) is 22.7 Å². The molecule has 27 heavy (non-hydrogen) atoms. The molecule has 0 radical (unpaired) electrons. The number of halogens is 2. The van der Waals surface area contributed by atoms with Crippen LogP contribution in [0.25, 0.3) is 11.0 Å². The van der Waals surface area contributed by atoms with Gasteiger partial charge in [0, 0.05) is 25.8 Å². The molecule has 0 unspecified atom stereocenters. The van der Waals surface area contributed by atoms with E-state index >= 15 is 0 Å². The van der Waals surface area contributed by atoms with E-state index in [9.17, 15) is 0 Å². The Morgan fingerprint density at radius 1 is 1.22 bits per heavy atom. The molecule has 3 aromatic rings. The highest BCUT2D eigenvalue weighted by molar-refractivity contribution is 6.34. The van der Waals surface area contributed by atoms with Crippen molar-refractivity contribution in [1.82, 2.24) is 34.4 Å². The lowest BCUT2D eigenvalue weighted by atomic mass is 10.0. The van der Waals surface area contributed by atoms with Crippen LogP contribution in [0.1, 0.15) is 13.0 Å². The summed E-state index contributed by atoms with van der Waals surface area (Å²) in [6, 6.07) is 0.820. The summed E-state index contributed by atoms with van der Waals surface area (Å²) in [5.74, 6) is 0.428. The van der Waals surface area contributed by atoms with E-state index < -0.39 is 0 Å². The van der Waals surface area contributed by atoms with Crippen molar-refractivity contribution in [3.63, 3.8) is 0 Å². The number of rotatable bonds is 5. The van der Waals surface area contributed by atoms with Crippen LogP contribution in [-0.2, 0) is 11.3 Å². The maximum atomic E-state index is 6.54. The molecule has 142 valence electrons. The third-order valence-corrected chi connectivity index (χ3v) is 5.75. The molecular formula is C16H18Cl2N8O. The van der Waals surface area contributed by atoms with Crippen LogP contribution < -0.4 is 5.32 Å². The number of ether oxygens (including phenoxy) is 1. The van der Waals surface area contributed by atoms with E-state index in [-0.39, 0.29) is 6.04 Å². The van der Waals surface area contributed by atoms with Gasteiger partial charge in [-0.25, -0.2) is 14.3 Å². The normalized spacial score (nSPS) is 18.6. The first kappa shape index (κ1) is 17.2. The van der Waals surface area contributed by atoms with Crippen LogP contribution in [0.3, 0.4) is 0 Å². The fourth-order valence-corrected chi connectivity index (χ4v) is 3.89. The van der Waals surface area contributed by atoms with Crippen LogP contribution in [0.2, 0.25) is 10.3 Å². The van der Waals surface area contributed by atoms with Gasteiger partial charge in [-0.1, -0.05) is 23.2 Å². The summed E-state index contributed by atoms with van der Waals surface area (Å²) in [5.41, 5.74) is 1.36. The fourth-order valence-electron chi connectivity index (χ4n) is 3.38. The van der Waals surface area contributed by atoms with Crippen molar-refractivity contribution in [2.75, 3.05) is 31.6 Å². The minimum Gasteiger partial charge on any atom is -0.378 e. The molecule has 2 fully saturated rings. The Balaban J connectivity index is 1.34. The van der Waals surface area contributed by atoms with Gasteiger partial charge in [0.1, 0.15) is 0 Å². The smallest absolute Gasteiger partial charge is 0.229 e. The highest BCUT2D eigenvalue weighted by Crippen LogP contribution is 2.32. The Kier molecular flexibility index (Phi) is 4.19. The van der Waals surface area contributed by atoms with Crippen LogP contribution in [0.4, 0.5) is 11.6 Å². The van der Waals surface area contributed by atoms with Crippen molar-refractivity contribution in [3.8, 4) is 0 Å². The molecule has 0 saturated carbocycles. The molecule has 9 nitrogen and oxygen atoms in total. The summed E-state index contributed by atoms with van der Waals surface area (Å²) in [7, 11) is 0. The Morgan fingerprint density at radius 2 is 2.04 bits per heavy atom. The first-order chi connectivity index (χ1) is 13.1. The molecule has 0 aromatic carbocycles. The van der Waals surface area contributed by atoms with E-state index in [0.717, 1.165) is 31.7 Å². The van der Waals surface area contributed by atoms with Crippen LogP contribution in [-0.4, -0.2) is 66.8 Å². The number of hydrogen-bond donors (Lipinski definition) is 1. The Morgan fingerprint density at radius 3 is 2.74 bits per heavy atom. The largest absolute Gasteiger partial charge is 0.378 e. The second-order valence-electron chi connectivity index (χ2n) is 6.76. The van der Waals surface area contributed by atoms with Gasteiger partial charge in [-0.3, -0.25) is 4.90 Å². The molecule has 1 N–H and O–H groups in total. The van der Waals surface area contributed by atoms with E-state index in [1.807, 2.05) is 11.6 Å². The minimum atomic E-state index is 0.275. The number of aromatic nitrogens is 6. The summed E-state index contributed by atoms with van der Waals surface area (Å²) in [6.07, 6.45) is 3.37. The molecule has 2 aliphatic heterocycles. The molecular weight excluding hydrogens is 391 g/mol. The van der Waals surface area contributed by atoms with Crippen molar-refractivity contribution in [2.24, 2.45) is 0 Å². The van der Waals surface area contributed by atoms with Crippen molar-refractivity contribution in [1.29, 1.82) is 0 Å². The summed E-state index contributed by atoms with van der Waals surface area (Å²) in [6.45, 7) is 6.17. The Hall–Kier alpha value is -1.94. The Bertz CT molecular complexity index is 992. The first-order valence-electron chi connectivity index (χ1n) is 8.85. The zero-order valence-corrected chi connectivity index (χ0v) is 16.2. The van der Waals surface area contributed by atoms with E-state index in [1.54, 1.807) is 17.1 Å². The van der Waals surface area contributed by atoms with E-state index in [0.29, 0.717) is 40.2 Å². The fraction of sp³-hybridized carbons (Fsp3) is 0.500. The zero-order chi connectivity index (χ0) is 18.5. The number of nitrogens with zero attached hydrogens (tertiary/aromatic N) is 7. The summed E-state index contributed by atoms with van der Waals surface area (Å²) < 4.78 is 8.84. The zero-order valence-electron chi connectivity index (χ0n) is 14.6. The number of fused-ring (bicyclic) bond motifs is 1. The third kappa shape index (κ3) is 2.85. The van der Waals surface area contributed by atoms with Crippen molar-refractivity contribution < 1.29 is 4.74 Å². The molecule has 0 bridgehead atoms. The van der Waals surface area contributed by atoms with Gasteiger partial charge in [0.25, 0.3) is 0 Å². The molecule has 5 heterocycles. The number of hydrogen-bond acceptors (Lipinski definition) is 7. The molecule has 5 rings (SSSR count). The summed E-state index contributed by atoms with van der Waals surface area (Å²) in [4.78, 5) is 11.2. The van der Waals surface area contributed by atoms with Gasteiger partial charge in [-0.2, -0.15) is 15.2 Å².